The Morgan fingerprint density at radius 3 is 2.39 bits per heavy atom. The highest BCUT2D eigenvalue weighted by atomic mass is 35.5. The van der Waals surface area contributed by atoms with Crippen LogP contribution in [0.25, 0.3) is 10.8 Å². The molecule has 5 nitrogen and oxygen atoms in total. The number of hydrogen-bond acceptors (Lipinski definition) is 4. The lowest BCUT2D eigenvalue weighted by molar-refractivity contribution is -0.137. The fourth-order valence-corrected chi connectivity index (χ4v) is 4.78. The molecule has 0 unspecified atom stereocenters. The molecule has 10 heteroatoms. The number of carbonyl (C=O) groups excluding carboxylic acids is 2. The zero-order chi connectivity index (χ0) is 24.2. The molecule has 3 aromatic carbocycles. The first kappa shape index (κ1) is 24.7. The van der Waals surface area contributed by atoms with E-state index in [1.165, 1.54) is 24.3 Å². The molecule has 0 bridgehead atoms. The van der Waals surface area contributed by atoms with Gasteiger partial charge in [0, 0.05) is 18.5 Å². The molecule has 0 aliphatic heterocycles. The number of benzene rings is 3. The summed E-state index contributed by atoms with van der Waals surface area (Å²) >= 11 is 5.26. The zero-order valence-corrected chi connectivity index (χ0v) is 18.7. The van der Waals surface area contributed by atoms with Crippen LogP contribution >= 0.6 is 11.6 Å². The maximum absolute atomic E-state index is 12.9. The summed E-state index contributed by atoms with van der Waals surface area (Å²) in [5, 5.41) is 3.29. The molecular weight excluding hydrogens is 479 g/mol. The van der Waals surface area contributed by atoms with Gasteiger partial charge in [0.15, 0.2) is 9.84 Å². The number of sulfone groups is 1. The smallest absolute Gasteiger partial charge is 0.352 e. The van der Waals surface area contributed by atoms with Gasteiger partial charge in [-0.25, -0.2) is 8.42 Å². The van der Waals surface area contributed by atoms with Crippen LogP contribution in [-0.4, -0.2) is 31.9 Å². The van der Waals surface area contributed by atoms with Crippen molar-refractivity contribution in [2.45, 2.75) is 23.9 Å². The highest BCUT2D eigenvalue weighted by Crippen LogP contribution is 2.29. The number of carbonyl (C=O) groups is 2. The third-order valence-electron chi connectivity index (χ3n) is 5.00. The molecule has 0 fully saturated rings. The number of rotatable bonds is 8. The molecule has 0 aliphatic rings. The summed E-state index contributed by atoms with van der Waals surface area (Å²) in [6, 6.07) is 14.1. The Morgan fingerprint density at radius 1 is 0.970 bits per heavy atom. The molecular formula is C23H19ClF3NO4S. The van der Waals surface area contributed by atoms with Crippen LogP contribution in [-0.2, 0) is 27.2 Å². The van der Waals surface area contributed by atoms with Crippen molar-refractivity contribution in [1.29, 1.82) is 0 Å². The molecule has 0 spiro atoms. The van der Waals surface area contributed by atoms with Crippen molar-refractivity contribution in [1.82, 2.24) is 5.32 Å². The van der Waals surface area contributed by atoms with Crippen molar-refractivity contribution in [2.75, 3.05) is 12.3 Å². The van der Waals surface area contributed by atoms with E-state index in [1.54, 1.807) is 24.3 Å². The Bertz CT molecular complexity index is 1310. The van der Waals surface area contributed by atoms with Gasteiger partial charge in [0.25, 0.3) is 5.91 Å². The number of hydrogen-bond donors (Lipinski definition) is 1. The van der Waals surface area contributed by atoms with Gasteiger partial charge in [-0.1, -0.05) is 30.3 Å². The topological polar surface area (TPSA) is 80.3 Å². The Kier molecular flexibility index (Phi) is 7.44. The van der Waals surface area contributed by atoms with Gasteiger partial charge in [0.05, 0.1) is 16.2 Å². The summed E-state index contributed by atoms with van der Waals surface area (Å²) in [5.74, 6) is -1.05. The second-order valence-corrected chi connectivity index (χ2v) is 9.84. The van der Waals surface area contributed by atoms with Crippen LogP contribution in [0.15, 0.2) is 65.6 Å². The number of fused-ring (bicyclic) bond motifs is 1. The largest absolute Gasteiger partial charge is 0.416 e. The minimum absolute atomic E-state index is 0.0494. The van der Waals surface area contributed by atoms with Crippen LogP contribution in [0, 0.1) is 0 Å². The first-order valence-corrected chi connectivity index (χ1v) is 11.9. The van der Waals surface area contributed by atoms with Crippen LogP contribution in [0.3, 0.4) is 0 Å². The fraction of sp³-hybridized carbons (Fsp3) is 0.217. The van der Waals surface area contributed by atoms with Crippen molar-refractivity contribution in [2.24, 2.45) is 0 Å². The summed E-state index contributed by atoms with van der Waals surface area (Å²) in [7, 11) is -3.72. The molecule has 0 radical (unpaired) electrons. The van der Waals surface area contributed by atoms with Crippen molar-refractivity contribution in [3.8, 4) is 0 Å². The Morgan fingerprint density at radius 2 is 1.70 bits per heavy atom. The Hall–Kier alpha value is -2.91. The normalized spacial score (nSPS) is 12.0. The van der Waals surface area contributed by atoms with Gasteiger partial charge in [-0.05, 0) is 64.7 Å². The van der Waals surface area contributed by atoms with Crippen molar-refractivity contribution >= 4 is 43.4 Å². The quantitative estimate of drug-likeness (QED) is 0.455. The number of nitrogens with one attached hydrogen (secondary N) is 1. The summed E-state index contributed by atoms with van der Waals surface area (Å²) < 4.78 is 63.6. The maximum Gasteiger partial charge on any atom is 0.416 e. The fourth-order valence-electron chi connectivity index (χ4n) is 3.31. The first-order valence-electron chi connectivity index (χ1n) is 9.85. The highest BCUT2D eigenvalue weighted by molar-refractivity contribution is 7.91. The summed E-state index contributed by atoms with van der Waals surface area (Å²) in [6.07, 6.45) is -4.52. The molecule has 1 amide bonds. The van der Waals surface area contributed by atoms with Crippen molar-refractivity contribution in [3.63, 3.8) is 0 Å². The summed E-state index contributed by atoms with van der Waals surface area (Å²) in [4.78, 5) is 23.3. The summed E-state index contributed by atoms with van der Waals surface area (Å²) in [5.41, 5.74) is -0.263. The van der Waals surface area contributed by atoms with Gasteiger partial charge in [-0.3, -0.25) is 9.59 Å². The molecule has 1 N–H and O–H groups in total. The van der Waals surface area contributed by atoms with E-state index in [4.69, 9.17) is 11.6 Å². The lowest BCUT2D eigenvalue weighted by Crippen LogP contribution is -2.26. The van der Waals surface area contributed by atoms with Crippen LogP contribution in [0.1, 0.15) is 27.9 Å². The average molecular weight is 498 g/mol. The molecule has 33 heavy (non-hydrogen) atoms. The average Bonchev–Trinajstić information content (AvgIpc) is 2.77. The van der Waals surface area contributed by atoms with Gasteiger partial charge >= 0.3 is 6.18 Å². The Labute approximate surface area is 193 Å². The lowest BCUT2D eigenvalue weighted by Gasteiger charge is -2.11. The second-order valence-electron chi connectivity index (χ2n) is 7.31. The molecule has 0 atom stereocenters. The molecule has 3 rings (SSSR count). The summed E-state index contributed by atoms with van der Waals surface area (Å²) in [6.45, 7) is 0.131. The lowest BCUT2D eigenvalue weighted by atomic mass is 10.0. The minimum Gasteiger partial charge on any atom is -0.352 e. The number of amides is 1. The molecule has 0 aliphatic carbocycles. The molecule has 0 aromatic heterocycles. The van der Waals surface area contributed by atoms with E-state index >= 15 is 0 Å². The van der Waals surface area contributed by atoms with Gasteiger partial charge in [0.1, 0.15) is 0 Å². The van der Waals surface area contributed by atoms with Crippen LogP contribution in [0.5, 0.6) is 0 Å². The van der Waals surface area contributed by atoms with E-state index in [2.05, 4.69) is 5.32 Å². The molecule has 3 aromatic rings. The third kappa shape index (κ3) is 6.33. The highest BCUT2D eigenvalue weighted by Gasteiger charge is 2.30. The number of halogens is 4. The van der Waals surface area contributed by atoms with Crippen molar-refractivity contribution < 1.29 is 31.2 Å². The minimum atomic E-state index is -4.55. The van der Waals surface area contributed by atoms with Gasteiger partial charge in [0.2, 0.25) is 5.24 Å². The van der Waals surface area contributed by atoms with E-state index in [9.17, 15) is 31.2 Å². The van der Waals surface area contributed by atoms with Gasteiger partial charge < -0.3 is 5.32 Å². The molecule has 0 heterocycles. The van der Waals surface area contributed by atoms with E-state index in [-0.39, 0.29) is 23.4 Å². The SMILES string of the molecule is O=C(Cl)CCS(=O)(=O)c1ccc2cccc(CCNC(=O)c3cccc(C(F)(F)F)c3)c2c1. The molecule has 0 saturated carbocycles. The van der Waals surface area contributed by atoms with Gasteiger partial charge in [-0.15, -0.1) is 0 Å². The van der Waals surface area contributed by atoms with Crippen LogP contribution in [0.4, 0.5) is 13.2 Å². The second kappa shape index (κ2) is 9.93. The van der Waals surface area contributed by atoms with E-state index in [0.29, 0.717) is 11.8 Å². The van der Waals surface area contributed by atoms with E-state index < -0.39 is 38.5 Å². The predicted octanol–water partition coefficient (Wildman–Crippen LogP) is 4.76. The Balaban J connectivity index is 1.75. The monoisotopic (exact) mass is 497 g/mol. The first-order chi connectivity index (χ1) is 15.5. The standard InChI is InChI=1S/C23H19ClF3NO4S/c24-21(29)10-12-33(31,32)19-8-7-15-3-1-4-16(20(15)14-19)9-11-28-22(30)17-5-2-6-18(13-17)23(25,26)27/h1-8,13-14H,9-12H2,(H,28,30). The molecule has 0 saturated heterocycles. The van der Waals surface area contributed by atoms with Gasteiger partial charge in [-0.2, -0.15) is 13.2 Å². The van der Waals surface area contributed by atoms with Crippen LogP contribution < -0.4 is 5.32 Å². The van der Waals surface area contributed by atoms with E-state index in [0.717, 1.165) is 23.1 Å². The maximum atomic E-state index is 12.9. The predicted molar refractivity (Wildman–Crippen MR) is 119 cm³/mol. The molecule has 174 valence electrons. The van der Waals surface area contributed by atoms with E-state index in [1.807, 2.05) is 0 Å². The number of alkyl halides is 3. The van der Waals surface area contributed by atoms with Crippen molar-refractivity contribution in [3.05, 3.63) is 77.4 Å². The zero-order valence-electron chi connectivity index (χ0n) is 17.2. The van der Waals surface area contributed by atoms with Crippen LogP contribution in [0.2, 0.25) is 0 Å². The third-order valence-corrected chi connectivity index (χ3v) is 6.91.